The number of rotatable bonds is 10. The zero-order chi connectivity index (χ0) is 17.2. The van der Waals surface area contributed by atoms with E-state index in [2.05, 4.69) is 10.2 Å². The summed E-state index contributed by atoms with van der Waals surface area (Å²) in [4.78, 5) is 0. The number of azo groups is 1. The molecule has 4 unspecified atom stereocenters. The first kappa shape index (κ1) is 20.4. The minimum Gasteiger partial charge on any atom is -0.382 e. The summed E-state index contributed by atoms with van der Waals surface area (Å²) in [6.45, 7) is 3.56. The fraction of sp³-hybridized carbons (Fsp3) is 0.857. The van der Waals surface area contributed by atoms with Gasteiger partial charge in [0.15, 0.2) is 0 Å². The summed E-state index contributed by atoms with van der Waals surface area (Å²) in [5.41, 5.74) is -3.07. The molecular weight excluding hydrogens is 288 g/mol. The molecule has 0 aromatic carbocycles. The summed E-state index contributed by atoms with van der Waals surface area (Å²) in [6, 6.07) is 3.92. The lowest BCUT2D eigenvalue weighted by atomic mass is 10.1. The summed E-state index contributed by atoms with van der Waals surface area (Å²) in [6.07, 6.45) is -0.193. The van der Waals surface area contributed by atoms with Crippen LogP contribution in [0.5, 0.6) is 0 Å². The SMILES string of the molecule is COC(C)CC(C#N)(/N=N/C(C#N)(CC(C)OC)OC)OC. The van der Waals surface area contributed by atoms with Crippen molar-refractivity contribution >= 4 is 0 Å². The summed E-state index contributed by atoms with van der Waals surface area (Å²) in [5, 5.41) is 26.6. The third kappa shape index (κ3) is 5.66. The average molecular weight is 312 g/mol. The van der Waals surface area contributed by atoms with Gasteiger partial charge in [0.2, 0.25) is 0 Å². The monoisotopic (exact) mass is 312 g/mol. The molecular formula is C14H24N4O4. The van der Waals surface area contributed by atoms with Crippen molar-refractivity contribution in [1.82, 2.24) is 0 Å². The Morgan fingerprint density at radius 3 is 1.32 bits per heavy atom. The van der Waals surface area contributed by atoms with E-state index in [0.717, 1.165) is 0 Å². The predicted molar refractivity (Wildman–Crippen MR) is 77.7 cm³/mol. The molecule has 0 saturated carbocycles. The lowest BCUT2D eigenvalue weighted by Crippen LogP contribution is -2.35. The summed E-state index contributed by atoms with van der Waals surface area (Å²) in [7, 11) is 5.75. The molecule has 0 N–H and O–H groups in total. The molecule has 8 nitrogen and oxygen atoms in total. The first-order valence-corrected chi connectivity index (χ1v) is 6.79. The van der Waals surface area contributed by atoms with E-state index in [1.54, 1.807) is 13.8 Å². The fourth-order valence-corrected chi connectivity index (χ4v) is 1.66. The van der Waals surface area contributed by atoms with Crippen LogP contribution in [0.3, 0.4) is 0 Å². The number of nitrogens with zero attached hydrogens (tertiary/aromatic N) is 4. The van der Waals surface area contributed by atoms with Crippen LogP contribution in [0, 0.1) is 22.7 Å². The molecule has 0 bridgehead atoms. The van der Waals surface area contributed by atoms with Crippen LogP contribution >= 0.6 is 0 Å². The van der Waals surface area contributed by atoms with Crippen LogP contribution in [-0.4, -0.2) is 52.1 Å². The van der Waals surface area contributed by atoms with Gasteiger partial charge in [0.05, 0.1) is 12.2 Å². The zero-order valence-corrected chi connectivity index (χ0v) is 14.0. The molecule has 0 aromatic heterocycles. The highest BCUT2D eigenvalue weighted by Crippen LogP contribution is 2.26. The molecule has 0 fully saturated rings. The number of hydrogen-bond acceptors (Lipinski definition) is 8. The Kier molecular flexibility index (Phi) is 8.76. The van der Waals surface area contributed by atoms with E-state index in [4.69, 9.17) is 18.9 Å². The van der Waals surface area contributed by atoms with Crippen molar-refractivity contribution in [3.63, 3.8) is 0 Å². The number of ether oxygens (including phenoxy) is 4. The molecule has 0 saturated heterocycles. The van der Waals surface area contributed by atoms with E-state index in [-0.39, 0.29) is 25.0 Å². The maximum atomic E-state index is 9.36. The van der Waals surface area contributed by atoms with Crippen LogP contribution in [0.2, 0.25) is 0 Å². The van der Waals surface area contributed by atoms with Crippen molar-refractivity contribution < 1.29 is 18.9 Å². The predicted octanol–water partition coefficient (Wildman–Crippen LogP) is 2.02. The van der Waals surface area contributed by atoms with E-state index in [9.17, 15) is 10.5 Å². The molecule has 124 valence electrons. The van der Waals surface area contributed by atoms with Crippen molar-refractivity contribution in [2.45, 2.75) is 50.3 Å². The maximum absolute atomic E-state index is 9.36. The highest BCUT2D eigenvalue weighted by atomic mass is 16.5. The van der Waals surface area contributed by atoms with Gasteiger partial charge in [0, 0.05) is 41.3 Å². The average Bonchev–Trinajstić information content (AvgIpc) is 2.56. The Balaban J connectivity index is 5.42. The smallest absolute Gasteiger partial charge is 0.268 e. The van der Waals surface area contributed by atoms with Crippen LogP contribution in [-0.2, 0) is 18.9 Å². The van der Waals surface area contributed by atoms with Gasteiger partial charge in [-0.25, -0.2) is 0 Å². The maximum Gasteiger partial charge on any atom is 0.268 e. The molecule has 8 heteroatoms. The number of hydrogen-bond donors (Lipinski definition) is 0. The summed E-state index contributed by atoms with van der Waals surface area (Å²) in [5.74, 6) is 0. The Morgan fingerprint density at radius 1 is 0.818 bits per heavy atom. The first-order valence-electron chi connectivity index (χ1n) is 6.79. The Bertz CT molecular complexity index is 405. The van der Waals surface area contributed by atoms with Crippen molar-refractivity contribution in [3.8, 4) is 12.1 Å². The number of nitriles is 2. The normalized spacial score (nSPS) is 19.6. The van der Waals surface area contributed by atoms with Gasteiger partial charge in [-0.3, -0.25) is 0 Å². The van der Waals surface area contributed by atoms with Gasteiger partial charge < -0.3 is 18.9 Å². The lowest BCUT2D eigenvalue weighted by molar-refractivity contribution is -0.0366. The van der Waals surface area contributed by atoms with Crippen molar-refractivity contribution in [1.29, 1.82) is 10.5 Å². The Labute approximate surface area is 131 Å². The number of methoxy groups -OCH3 is 4. The minimum atomic E-state index is -1.54. The van der Waals surface area contributed by atoms with Gasteiger partial charge in [-0.2, -0.15) is 10.5 Å². The molecule has 0 radical (unpaired) electrons. The summed E-state index contributed by atoms with van der Waals surface area (Å²) < 4.78 is 20.6. The minimum absolute atomic E-state index is 0.172. The van der Waals surface area contributed by atoms with E-state index < -0.39 is 11.4 Å². The van der Waals surface area contributed by atoms with Crippen LogP contribution in [0.4, 0.5) is 0 Å². The molecule has 0 heterocycles. The fourth-order valence-electron chi connectivity index (χ4n) is 1.66. The first-order chi connectivity index (χ1) is 10.4. The molecule has 0 amide bonds. The zero-order valence-electron chi connectivity index (χ0n) is 14.0. The van der Waals surface area contributed by atoms with E-state index >= 15 is 0 Å². The topological polar surface area (TPSA) is 109 Å². The van der Waals surface area contributed by atoms with Crippen LogP contribution in [0.1, 0.15) is 26.7 Å². The quantitative estimate of drug-likeness (QED) is 0.571. The van der Waals surface area contributed by atoms with Gasteiger partial charge in [0.25, 0.3) is 11.4 Å². The van der Waals surface area contributed by atoms with E-state index in [0.29, 0.717) is 0 Å². The van der Waals surface area contributed by atoms with Crippen molar-refractivity contribution in [3.05, 3.63) is 0 Å². The Morgan fingerprint density at radius 2 is 1.14 bits per heavy atom. The second-order valence-corrected chi connectivity index (χ2v) is 4.90. The van der Waals surface area contributed by atoms with Gasteiger partial charge in [-0.1, -0.05) is 0 Å². The van der Waals surface area contributed by atoms with Crippen molar-refractivity contribution in [2.24, 2.45) is 10.2 Å². The van der Waals surface area contributed by atoms with Crippen LogP contribution in [0.25, 0.3) is 0 Å². The largest absolute Gasteiger partial charge is 0.382 e. The summed E-state index contributed by atoms with van der Waals surface area (Å²) >= 11 is 0. The third-order valence-corrected chi connectivity index (χ3v) is 3.33. The molecule has 4 atom stereocenters. The van der Waals surface area contributed by atoms with Gasteiger partial charge >= 0.3 is 0 Å². The van der Waals surface area contributed by atoms with E-state index in [1.165, 1.54) is 28.4 Å². The highest BCUT2D eigenvalue weighted by molar-refractivity contribution is 5.04. The van der Waals surface area contributed by atoms with Crippen LogP contribution < -0.4 is 0 Å². The Hall–Kier alpha value is -1.58. The standard InChI is InChI=1S/C14H24N4O4/c1-11(19-3)7-13(9-15,21-5)17-18-14(10-16,22-6)8-12(2)20-4/h11-12H,7-8H2,1-6H3/b18-17+. The molecule has 0 aliphatic rings. The second kappa shape index (κ2) is 9.44. The molecule has 0 aliphatic carbocycles. The highest BCUT2D eigenvalue weighted by Gasteiger charge is 2.37. The molecule has 0 aromatic rings. The van der Waals surface area contributed by atoms with Gasteiger partial charge in [0.1, 0.15) is 12.1 Å². The van der Waals surface area contributed by atoms with E-state index in [1.807, 2.05) is 12.1 Å². The third-order valence-electron chi connectivity index (χ3n) is 3.33. The van der Waals surface area contributed by atoms with Gasteiger partial charge in [-0.15, -0.1) is 10.2 Å². The molecule has 0 rings (SSSR count). The molecule has 22 heavy (non-hydrogen) atoms. The van der Waals surface area contributed by atoms with Crippen LogP contribution in [0.15, 0.2) is 10.2 Å². The van der Waals surface area contributed by atoms with Gasteiger partial charge in [-0.05, 0) is 13.8 Å². The second-order valence-electron chi connectivity index (χ2n) is 4.90. The molecule has 0 spiro atoms. The lowest BCUT2D eigenvalue weighted by Gasteiger charge is -2.26. The van der Waals surface area contributed by atoms with Crippen molar-refractivity contribution in [2.75, 3.05) is 28.4 Å². The molecule has 0 aliphatic heterocycles.